The van der Waals surface area contributed by atoms with Crippen LogP contribution in [-0.2, 0) is 9.59 Å². The lowest BCUT2D eigenvalue weighted by Gasteiger charge is -2.29. The molecule has 1 aliphatic carbocycles. The maximum Gasteiger partial charge on any atom is 0.237 e. The van der Waals surface area contributed by atoms with Gasteiger partial charge >= 0.3 is 0 Å². The highest BCUT2D eigenvalue weighted by molar-refractivity contribution is 9.12. The van der Waals surface area contributed by atoms with Gasteiger partial charge in [0.2, 0.25) is 11.8 Å². The fourth-order valence-electron chi connectivity index (χ4n) is 3.15. The number of hydrogen-bond acceptors (Lipinski definition) is 3. The van der Waals surface area contributed by atoms with Crippen molar-refractivity contribution in [1.29, 1.82) is 0 Å². The molecule has 1 aromatic carbocycles. The topological polar surface area (TPSA) is 46.6 Å². The molecule has 1 aromatic rings. The van der Waals surface area contributed by atoms with E-state index in [4.69, 9.17) is 4.74 Å². The van der Waals surface area contributed by atoms with Crippen molar-refractivity contribution in [1.82, 2.24) is 0 Å². The SMILES string of the molecule is COc1ccccc1N1C(=O)[C@H]2C[C@@H](Br)[C@H](Br)C[C@@H]2C1=O. The summed E-state index contributed by atoms with van der Waals surface area (Å²) >= 11 is 7.18. The van der Waals surface area contributed by atoms with Gasteiger partial charge in [0.15, 0.2) is 0 Å². The molecule has 1 saturated carbocycles. The third-order valence-corrected chi connectivity index (χ3v) is 6.97. The first-order chi connectivity index (χ1) is 10.0. The van der Waals surface area contributed by atoms with Crippen molar-refractivity contribution in [2.75, 3.05) is 12.0 Å². The zero-order chi connectivity index (χ0) is 15.1. The third-order valence-electron chi connectivity index (χ3n) is 4.24. The van der Waals surface area contributed by atoms with Crippen molar-refractivity contribution in [2.45, 2.75) is 22.5 Å². The first-order valence-corrected chi connectivity index (χ1v) is 8.66. The van der Waals surface area contributed by atoms with Crippen LogP contribution in [0.4, 0.5) is 5.69 Å². The number of anilines is 1. The van der Waals surface area contributed by atoms with Crippen molar-refractivity contribution in [3.63, 3.8) is 0 Å². The molecule has 4 atom stereocenters. The maximum atomic E-state index is 12.7. The third kappa shape index (κ3) is 2.42. The highest BCUT2D eigenvalue weighted by atomic mass is 79.9. The lowest BCUT2D eigenvalue weighted by Crippen LogP contribution is -2.34. The molecule has 21 heavy (non-hydrogen) atoms. The average molecular weight is 417 g/mol. The molecule has 3 rings (SSSR count). The van der Waals surface area contributed by atoms with E-state index >= 15 is 0 Å². The van der Waals surface area contributed by atoms with Crippen molar-refractivity contribution < 1.29 is 14.3 Å². The molecule has 1 aliphatic heterocycles. The fraction of sp³-hybridized carbons (Fsp3) is 0.467. The van der Waals surface area contributed by atoms with Crippen LogP contribution in [0, 0.1) is 11.8 Å². The van der Waals surface area contributed by atoms with E-state index in [9.17, 15) is 9.59 Å². The number of ether oxygens (including phenoxy) is 1. The molecule has 2 aliphatic rings. The van der Waals surface area contributed by atoms with Crippen LogP contribution < -0.4 is 9.64 Å². The van der Waals surface area contributed by atoms with Gasteiger partial charge in [0.25, 0.3) is 0 Å². The van der Waals surface area contributed by atoms with Gasteiger partial charge < -0.3 is 4.74 Å². The second kappa shape index (κ2) is 5.72. The van der Waals surface area contributed by atoms with Crippen molar-refractivity contribution in [2.24, 2.45) is 11.8 Å². The van der Waals surface area contributed by atoms with Crippen molar-refractivity contribution in [3.05, 3.63) is 24.3 Å². The van der Waals surface area contributed by atoms with Gasteiger partial charge in [-0.05, 0) is 25.0 Å². The number of alkyl halides is 2. The molecular weight excluding hydrogens is 402 g/mol. The highest BCUT2D eigenvalue weighted by Crippen LogP contribution is 2.45. The minimum Gasteiger partial charge on any atom is -0.495 e. The number of hydrogen-bond donors (Lipinski definition) is 0. The lowest BCUT2D eigenvalue weighted by molar-refractivity contribution is -0.122. The van der Waals surface area contributed by atoms with Gasteiger partial charge in [0.1, 0.15) is 5.75 Å². The summed E-state index contributed by atoms with van der Waals surface area (Å²) in [4.78, 5) is 27.1. The van der Waals surface area contributed by atoms with E-state index in [2.05, 4.69) is 31.9 Å². The molecule has 112 valence electrons. The zero-order valence-electron chi connectivity index (χ0n) is 11.5. The molecule has 2 fully saturated rings. The van der Waals surface area contributed by atoms with Gasteiger partial charge in [0, 0.05) is 9.65 Å². The van der Waals surface area contributed by atoms with E-state index in [-0.39, 0.29) is 33.3 Å². The molecule has 6 heteroatoms. The Morgan fingerprint density at radius 1 is 1.05 bits per heavy atom. The Kier molecular flexibility index (Phi) is 4.10. The zero-order valence-corrected chi connectivity index (χ0v) is 14.6. The Morgan fingerprint density at radius 3 is 2.10 bits per heavy atom. The number of benzene rings is 1. The first kappa shape index (κ1) is 15.0. The number of nitrogens with zero attached hydrogens (tertiary/aromatic N) is 1. The van der Waals surface area contributed by atoms with Gasteiger partial charge in [-0.3, -0.25) is 9.59 Å². The molecule has 0 spiro atoms. The van der Waals surface area contributed by atoms with E-state index < -0.39 is 0 Å². The normalized spacial score (nSPS) is 32.2. The Morgan fingerprint density at radius 2 is 1.57 bits per heavy atom. The van der Waals surface area contributed by atoms with Gasteiger partial charge in [-0.1, -0.05) is 44.0 Å². The first-order valence-electron chi connectivity index (χ1n) is 6.83. The fourth-order valence-corrected chi connectivity index (χ4v) is 4.38. The van der Waals surface area contributed by atoms with Gasteiger partial charge in [0.05, 0.1) is 24.6 Å². The van der Waals surface area contributed by atoms with Crippen LogP contribution in [0.1, 0.15) is 12.8 Å². The number of amides is 2. The second-order valence-electron chi connectivity index (χ2n) is 5.40. The molecule has 0 N–H and O–H groups in total. The minimum atomic E-state index is -0.236. The average Bonchev–Trinajstić information content (AvgIpc) is 2.71. The monoisotopic (exact) mass is 415 g/mol. The predicted molar refractivity (Wildman–Crippen MR) is 87.1 cm³/mol. The highest BCUT2D eigenvalue weighted by Gasteiger charge is 2.52. The van der Waals surface area contributed by atoms with Crippen LogP contribution in [0.5, 0.6) is 5.75 Å². The lowest BCUT2D eigenvalue weighted by atomic mass is 9.81. The molecule has 1 saturated heterocycles. The largest absolute Gasteiger partial charge is 0.495 e. The summed E-state index contributed by atoms with van der Waals surface area (Å²) in [5, 5.41) is 0. The number of rotatable bonds is 2. The number of methoxy groups -OCH3 is 1. The van der Waals surface area contributed by atoms with Crippen LogP contribution in [0.3, 0.4) is 0 Å². The Bertz CT molecular complexity index is 564. The smallest absolute Gasteiger partial charge is 0.237 e. The van der Waals surface area contributed by atoms with E-state index in [1.165, 1.54) is 4.90 Å². The van der Waals surface area contributed by atoms with Gasteiger partial charge in [-0.2, -0.15) is 0 Å². The van der Waals surface area contributed by atoms with Crippen LogP contribution in [0.15, 0.2) is 24.3 Å². The standard InChI is InChI=1S/C15H15Br2NO3/c1-21-13-5-3-2-4-12(13)18-14(19)8-6-10(16)11(17)7-9(8)15(18)20/h2-5,8-11H,6-7H2,1H3/t8-,9-,10+,11+/m0/s1. The predicted octanol–water partition coefficient (Wildman–Crippen LogP) is 3.12. The van der Waals surface area contributed by atoms with E-state index in [0.29, 0.717) is 24.3 Å². The summed E-state index contributed by atoms with van der Waals surface area (Å²) in [6, 6.07) is 7.14. The Hall–Kier alpha value is -0.880. The number of para-hydroxylation sites is 2. The Balaban J connectivity index is 1.98. The van der Waals surface area contributed by atoms with E-state index in [1.807, 2.05) is 6.07 Å². The number of imide groups is 1. The van der Waals surface area contributed by atoms with Crippen molar-refractivity contribution in [3.8, 4) is 5.75 Å². The minimum absolute atomic E-state index is 0.113. The molecule has 0 bridgehead atoms. The number of halogens is 2. The molecule has 0 radical (unpaired) electrons. The summed E-state index contributed by atoms with van der Waals surface area (Å²) in [7, 11) is 1.54. The number of fused-ring (bicyclic) bond motifs is 1. The number of carbonyl (C=O) groups is 2. The number of carbonyl (C=O) groups excluding carboxylic acids is 2. The maximum absolute atomic E-state index is 12.7. The van der Waals surface area contributed by atoms with Crippen LogP contribution in [0.25, 0.3) is 0 Å². The summed E-state index contributed by atoms with van der Waals surface area (Å²) < 4.78 is 5.29. The molecule has 2 amide bonds. The molecular formula is C15H15Br2NO3. The summed E-state index contributed by atoms with van der Waals surface area (Å²) in [5.74, 6) is -0.151. The van der Waals surface area contributed by atoms with Gasteiger partial charge in [-0.15, -0.1) is 0 Å². The molecule has 1 heterocycles. The summed E-state index contributed by atoms with van der Waals surface area (Å²) in [6.45, 7) is 0. The van der Waals surface area contributed by atoms with Crippen LogP contribution >= 0.6 is 31.9 Å². The van der Waals surface area contributed by atoms with E-state index in [0.717, 1.165) is 0 Å². The van der Waals surface area contributed by atoms with Gasteiger partial charge in [-0.25, -0.2) is 4.90 Å². The second-order valence-corrected chi connectivity index (χ2v) is 7.75. The molecule has 4 nitrogen and oxygen atoms in total. The van der Waals surface area contributed by atoms with E-state index in [1.54, 1.807) is 25.3 Å². The van der Waals surface area contributed by atoms with Crippen molar-refractivity contribution >= 4 is 49.4 Å². The summed E-state index contributed by atoms with van der Waals surface area (Å²) in [6.07, 6.45) is 1.35. The van der Waals surface area contributed by atoms with Crippen LogP contribution in [0.2, 0.25) is 0 Å². The Labute approximate surface area is 140 Å². The molecule has 0 aromatic heterocycles. The van der Waals surface area contributed by atoms with Crippen LogP contribution in [-0.4, -0.2) is 28.6 Å². The molecule has 0 unspecified atom stereocenters. The summed E-state index contributed by atoms with van der Waals surface area (Å²) in [5.41, 5.74) is 0.543. The quantitative estimate of drug-likeness (QED) is 0.549.